The Balaban J connectivity index is 1.62. The van der Waals surface area contributed by atoms with Crippen molar-refractivity contribution in [2.45, 2.75) is 45.8 Å². The number of likely N-dealkylation sites (tertiary alicyclic amines) is 1. The lowest BCUT2D eigenvalue weighted by atomic mass is 10.2. The molecule has 2 N–H and O–H groups in total. The number of carbonyl (C=O) groups is 1. The summed E-state index contributed by atoms with van der Waals surface area (Å²) in [5, 5.41) is 4.31. The highest BCUT2D eigenvalue weighted by molar-refractivity contribution is 5.69. The number of ether oxygens (including phenoxy) is 1. The van der Waals surface area contributed by atoms with Crippen LogP contribution in [0.25, 0.3) is 0 Å². The maximum absolute atomic E-state index is 12.1. The Hall–Kier alpha value is -1.72. The van der Waals surface area contributed by atoms with Crippen molar-refractivity contribution in [3.63, 3.8) is 0 Å². The van der Waals surface area contributed by atoms with Gasteiger partial charge in [-0.3, -0.25) is 4.68 Å². The second-order valence-corrected chi connectivity index (χ2v) is 7.05. The van der Waals surface area contributed by atoms with Gasteiger partial charge in [0.1, 0.15) is 11.4 Å². The summed E-state index contributed by atoms with van der Waals surface area (Å²) in [6.45, 7) is 10.1. The molecular weight excluding hydrogens is 268 g/mol. The maximum Gasteiger partial charge on any atom is 0.410 e. The number of hydrogen-bond acceptors (Lipinski definition) is 4. The Kier molecular flexibility index (Phi) is 3.15. The van der Waals surface area contributed by atoms with Crippen molar-refractivity contribution < 1.29 is 9.53 Å². The second-order valence-electron chi connectivity index (χ2n) is 7.05. The quantitative estimate of drug-likeness (QED) is 0.905. The van der Waals surface area contributed by atoms with Gasteiger partial charge >= 0.3 is 6.09 Å². The van der Waals surface area contributed by atoms with E-state index in [4.69, 9.17) is 10.5 Å². The van der Waals surface area contributed by atoms with Gasteiger partial charge in [-0.2, -0.15) is 5.10 Å². The number of amides is 1. The van der Waals surface area contributed by atoms with Crippen molar-refractivity contribution in [2.24, 2.45) is 11.8 Å². The zero-order valence-electron chi connectivity index (χ0n) is 13.2. The van der Waals surface area contributed by atoms with E-state index in [1.54, 1.807) is 0 Å². The first-order chi connectivity index (χ1) is 9.80. The molecular formula is C15H24N4O2. The topological polar surface area (TPSA) is 73.4 Å². The van der Waals surface area contributed by atoms with Crippen LogP contribution >= 0.6 is 0 Å². The first kappa shape index (κ1) is 14.2. The van der Waals surface area contributed by atoms with Crippen LogP contribution in [0, 0.1) is 11.8 Å². The number of hydrogen-bond donors (Lipinski definition) is 1. The number of nitrogens with zero attached hydrogens (tertiary/aromatic N) is 3. The molecule has 2 aliphatic rings. The lowest BCUT2D eigenvalue weighted by Crippen LogP contribution is -2.37. The van der Waals surface area contributed by atoms with E-state index in [9.17, 15) is 4.79 Å². The summed E-state index contributed by atoms with van der Waals surface area (Å²) in [6, 6.07) is 1.98. The van der Waals surface area contributed by atoms with Crippen LogP contribution in [0.15, 0.2) is 6.07 Å². The van der Waals surface area contributed by atoms with Crippen LogP contribution in [-0.2, 0) is 11.3 Å². The third-order valence-electron chi connectivity index (χ3n) is 4.32. The summed E-state index contributed by atoms with van der Waals surface area (Å²) in [4.78, 5) is 13.9. The lowest BCUT2D eigenvalue weighted by molar-refractivity contribution is 0.0270. The molecule has 0 spiro atoms. The van der Waals surface area contributed by atoms with Crippen molar-refractivity contribution in [2.75, 3.05) is 18.8 Å². The van der Waals surface area contributed by atoms with E-state index in [0.29, 0.717) is 23.6 Å². The molecule has 2 atom stereocenters. The van der Waals surface area contributed by atoms with E-state index in [1.165, 1.54) is 5.69 Å². The Morgan fingerprint density at radius 1 is 1.43 bits per heavy atom. The summed E-state index contributed by atoms with van der Waals surface area (Å²) in [5.41, 5.74) is 6.58. The molecule has 2 fully saturated rings. The van der Waals surface area contributed by atoms with Crippen molar-refractivity contribution in [1.82, 2.24) is 14.7 Å². The van der Waals surface area contributed by atoms with Crippen molar-refractivity contribution in [3.8, 4) is 0 Å². The molecule has 0 bridgehead atoms. The van der Waals surface area contributed by atoms with Crippen LogP contribution in [0.4, 0.5) is 10.6 Å². The van der Waals surface area contributed by atoms with E-state index in [0.717, 1.165) is 19.6 Å². The summed E-state index contributed by atoms with van der Waals surface area (Å²) in [7, 11) is 0. The minimum Gasteiger partial charge on any atom is -0.444 e. The SMILES string of the molecule is CCn1nc(N)cc1C1C2CN(C(=O)OC(C)(C)C)CC21. The summed E-state index contributed by atoms with van der Waals surface area (Å²) < 4.78 is 7.41. The van der Waals surface area contributed by atoms with E-state index in [2.05, 4.69) is 12.0 Å². The fraction of sp³-hybridized carbons (Fsp3) is 0.733. The van der Waals surface area contributed by atoms with Gasteiger partial charge in [-0.05, 0) is 39.5 Å². The molecule has 2 heterocycles. The average molecular weight is 292 g/mol. The van der Waals surface area contributed by atoms with Crippen LogP contribution in [-0.4, -0.2) is 39.5 Å². The van der Waals surface area contributed by atoms with E-state index in [-0.39, 0.29) is 6.09 Å². The number of nitrogens with two attached hydrogens (primary N) is 1. The molecule has 116 valence electrons. The Bertz CT molecular complexity index is 549. The molecule has 1 saturated carbocycles. The zero-order chi connectivity index (χ0) is 15.4. The maximum atomic E-state index is 12.1. The Labute approximate surface area is 125 Å². The molecule has 1 aliphatic carbocycles. The molecule has 0 radical (unpaired) electrons. The van der Waals surface area contributed by atoms with E-state index < -0.39 is 5.60 Å². The Morgan fingerprint density at radius 2 is 2.05 bits per heavy atom. The van der Waals surface area contributed by atoms with Crippen LogP contribution in [0.3, 0.4) is 0 Å². The van der Waals surface area contributed by atoms with Crippen LogP contribution in [0.2, 0.25) is 0 Å². The fourth-order valence-electron chi connectivity index (χ4n) is 3.41. The number of aromatic nitrogens is 2. The van der Waals surface area contributed by atoms with Crippen molar-refractivity contribution >= 4 is 11.9 Å². The number of fused-ring (bicyclic) bond motifs is 1. The first-order valence-electron chi connectivity index (χ1n) is 7.61. The molecule has 1 amide bonds. The fourth-order valence-corrected chi connectivity index (χ4v) is 3.41. The predicted molar refractivity (Wildman–Crippen MR) is 79.8 cm³/mol. The largest absolute Gasteiger partial charge is 0.444 e. The van der Waals surface area contributed by atoms with Gasteiger partial charge in [0.2, 0.25) is 0 Å². The molecule has 21 heavy (non-hydrogen) atoms. The molecule has 6 nitrogen and oxygen atoms in total. The molecule has 2 unspecified atom stereocenters. The number of aryl methyl sites for hydroxylation is 1. The van der Waals surface area contributed by atoms with Gasteiger partial charge in [-0.25, -0.2) is 4.79 Å². The number of carbonyl (C=O) groups excluding carboxylic acids is 1. The molecule has 6 heteroatoms. The van der Waals surface area contributed by atoms with E-state index in [1.807, 2.05) is 36.4 Å². The van der Waals surface area contributed by atoms with Crippen LogP contribution < -0.4 is 5.73 Å². The second kappa shape index (κ2) is 4.64. The summed E-state index contributed by atoms with van der Waals surface area (Å²) >= 11 is 0. The number of piperidine rings is 1. The number of rotatable bonds is 2. The molecule has 1 saturated heterocycles. The van der Waals surface area contributed by atoms with Gasteiger partial charge in [0.15, 0.2) is 0 Å². The van der Waals surface area contributed by atoms with Crippen LogP contribution in [0.1, 0.15) is 39.3 Å². The molecule has 1 aromatic rings. The van der Waals surface area contributed by atoms with Gasteiger partial charge in [0, 0.05) is 37.3 Å². The molecule has 1 aromatic heterocycles. The average Bonchev–Trinajstić information content (AvgIpc) is 2.75. The number of anilines is 1. The van der Waals surface area contributed by atoms with Crippen LogP contribution in [0.5, 0.6) is 0 Å². The zero-order valence-corrected chi connectivity index (χ0v) is 13.2. The highest BCUT2D eigenvalue weighted by atomic mass is 16.6. The van der Waals surface area contributed by atoms with Gasteiger partial charge in [0.05, 0.1) is 0 Å². The molecule has 0 aromatic carbocycles. The predicted octanol–water partition coefficient (Wildman–Crippen LogP) is 2.07. The third kappa shape index (κ3) is 2.59. The minimum atomic E-state index is -0.432. The third-order valence-corrected chi connectivity index (χ3v) is 4.32. The van der Waals surface area contributed by atoms with Crippen molar-refractivity contribution in [3.05, 3.63) is 11.8 Å². The first-order valence-corrected chi connectivity index (χ1v) is 7.61. The van der Waals surface area contributed by atoms with Gasteiger partial charge in [-0.1, -0.05) is 0 Å². The van der Waals surface area contributed by atoms with Gasteiger partial charge < -0.3 is 15.4 Å². The minimum absolute atomic E-state index is 0.197. The molecule has 1 aliphatic heterocycles. The summed E-state index contributed by atoms with van der Waals surface area (Å²) in [5.74, 6) is 2.13. The summed E-state index contributed by atoms with van der Waals surface area (Å²) in [6.07, 6.45) is -0.197. The standard InChI is InChI=1S/C15H24N4O2/c1-5-19-11(6-12(16)17-19)13-9-7-18(8-10(9)13)14(20)21-15(2,3)4/h6,9-10,13H,5,7-8H2,1-4H3,(H2,16,17). The Morgan fingerprint density at radius 3 is 2.57 bits per heavy atom. The monoisotopic (exact) mass is 292 g/mol. The normalized spacial score (nSPS) is 27.6. The van der Waals surface area contributed by atoms with E-state index >= 15 is 0 Å². The highest BCUT2D eigenvalue weighted by Gasteiger charge is 2.58. The van der Waals surface area contributed by atoms with Crippen molar-refractivity contribution in [1.29, 1.82) is 0 Å². The molecule has 3 rings (SSSR count). The van der Waals surface area contributed by atoms with Gasteiger partial charge in [0.25, 0.3) is 0 Å². The highest BCUT2D eigenvalue weighted by Crippen LogP contribution is 2.58. The van der Waals surface area contributed by atoms with Gasteiger partial charge in [-0.15, -0.1) is 0 Å². The number of nitrogen functional groups attached to an aromatic ring is 1. The lowest BCUT2D eigenvalue weighted by Gasteiger charge is -2.26. The smallest absolute Gasteiger partial charge is 0.410 e.